The summed E-state index contributed by atoms with van der Waals surface area (Å²) >= 11 is 0. The number of amides is 1. The Morgan fingerprint density at radius 3 is 3.05 bits per heavy atom. The van der Waals surface area contributed by atoms with Crippen LogP contribution in [-0.4, -0.2) is 55.4 Å². The summed E-state index contributed by atoms with van der Waals surface area (Å²) < 4.78 is 10.6. The third-order valence-electron chi connectivity index (χ3n) is 3.56. The second kappa shape index (κ2) is 7.26. The van der Waals surface area contributed by atoms with E-state index in [0.29, 0.717) is 32.6 Å². The van der Waals surface area contributed by atoms with Crippen molar-refractivity contribution in [1.29, 1.82) is 0 Å². The smallest absolute Gasteiger partial charge is 0.223 e. The van der Waals surface area contributed by atoms with E-state index in [9.17, 15) is 9.90 Å². The quantitative estimate of drug-likeness (QED) is 0.868. The second-order valence-electron chi connectivity index (χ2n) is 4.81. The molecule has 2 rings (SSSR count). The van der Waals surface area contributed by atoms with Gasteiger partial charge in [0, 0.05) is 13.0 Å². The average Bonchev–Trinajstić information content (AvgIpc) is 2.52. The van der Waals surface area contributed by atoms with Crippen molar-refractivity contribution < 1.29 is 19.4 Å². The van der Waals surface area contributed by atoms with Gasteiger partial charge in [-0.05, 0) is 18.1 Å². The van der Waals surface area contributed by atoms with Crippen LogP contribution in [0.25, 0.3) is 0 Å². The Hall–Kier alpha value is -1.59. The van der Waals surface area contributed by atoms with Gasteiger partial charge in [0.15, 0.2) is 0 Å². The topological polar surface area (TPSA) is 59.0 Å². The van der Waals surface area contributed by atoms with Crippen molar-refractivity contribution in [3.05, 3.63) is 29.8 Å². The van der Waals surface area contributed by atoms with Gasteiger partial charge in [-0.25, -0.2) is 0 Å². The minimum atomic E-state index is -0.214. The van der Waals surface area contributed by atoms with Gasteiger partial charge in [0.2, 0.25) is 5.91 Å². The Labute approximate surface area is 119 Å². The van der Waals surface area contributed by atoms with E-state index in [0.717, 1.165) is 11.3 Å². The van der Waals surface area contributed by atoms with Crippen molar-refractivity contribution in [2.75, 3.05) is 33.5 Å². The maximum Gasteiger partial charge on any atom is 0.223 e. The number of methoxy groups -OCH3 is 1. The van der Waals surface area contributed by atoms with Gasteiger partial charge in [0.1, 0.15) is 5.75 Å². The zero-order valence-electron chi connectivity index (χ0n) is 11.7. The molecule has 0 aliphatic carbocycles. The van der Waals surface area contributed by atoms with Gasteiger partial charge in [-0.15, -0.1) is 0 Å². The maximum absolute atomic E-state index is 12.3. The highest BCUT2D eigenvalue weighted by Crippen LogP contribution is 2.19. The van der Waals surface area contributed by atoms with Gasteiger partial charge in [-0.1, -0.05) is 18.2 Å². The number of ether oxygens (including phenoxy) is 2. The first-order chi connectivity index (χ1) is 9.76. The lowest BCUT2D eigenvalue weighted by Gasteiger charge is -2.34. The molecule has 0 spiro atoms. The Bertz CT molecular complexity index is 449. The van der Waals surface area contributed by atoms with Crippen LogP contribution >= 0.6 is 0 Å². The van der Waals surface area contributed by atoms with Crippen LogP contribution in [0.3, 0.4) is 0 Å². The molecular weight excluding hydrogens is 258 g/mol. The number of morpholine rings is 1. The molecule has 0 radical (unpaired) electrons. The first-order valence-electron chi connectivity index (χ1n) is 6.86. The van der Waals surface area contributed by atoms with Crippen LogP contribution in [-0.2, 0) is 16.0 Å². The van der Waals surface area contributed by atoms with Crippen LogP contribution in [0.5, 0.6) is 5.75 Å². The molecule has 1 fully saturated rings. The monoisotopic (exact) mass is 279 g/mol. The minimum Gasteiger partial charge on any atom is -0.496 e. The van der Waals surface area contributed by atoms with Gasteiger partial charge in [-0.2, -0.15) is 0 Å². The van der Waals surface area contributed by atoms with Crippen molar-refractivity contribution in [3.8, 4) is 5.75 Å². The normalized spacial score (nSPS) is 18.9. The maximum atomic E-state index is 12.3. The largest absolute Gasteiger partial charge is 0.496 e. The predicted molar refractivity (Wildman–Crippen MR) is 74.7 cm³/mol. The van der Waals surface area contributed by atoms with E-state index in [-0.39, 0.29) is 18.6 Å². The third-order valence-corrected chi connectivity index (χ3v) is 3.56. The van der Waals surface area contributed by atoms with Crippen LogP contribution in [0.15, 0.2) is 24.3 Å². The summed E-state index contributed by atoms with van der Waals surface area (Å²) in [5, 5.41) is 9.28. The number of aliphatic hydroxyl groups excluding tert-OH is 1. The summed E-state index contributed by atoms with van der Waals surface area (Å²) in [6.07, 6.45) is 1.05. The summed E-state index contributed by atoms with van der Waals surface area (Å²) in [6, 6.07) is 7.50. The van der Waals surface area contributed by atoms with Crippen molar-refractivity contribution in [2.24, 2.45) is 0 Å². The first kappa shape index (κ1) is 14.8. The number of rotatable bonds is 5. The van der Waals surface area contributed by atoms with Crippen LogP contribution in [0.2, 0.25) is 0 Å². The number of para-hydroxylation sites is 1. The Morgan fingerprint density at radius 1 is 1.50 bits per heavy atom. The summed E-state index contributed by atoms with van der Waals surface area (Å²) in [4.78, 5) is 14.0. The molecule has 1 saturated heterocycles. The zero-order chi connectivity index (χ0) is 14.4. The molecule has 20 heavy (non-hydrogen) atoms. The zero-order valence-corrected chi connectivity index (χ0v) is 11.7. The van der Waals surface area contributed by atoms with Gasteiger partial charge in [0.25, 0.3) is 0 Å². The molecule has 1 unspecified atom stereocenters. The molecule has 1 amide bonds. The molecule has 0 saturated carbocycles. The lowest BCUT2D eigenvalue weighted by molar-refractivity contribution is -0.141. The number of carbonyl (C=O) groups is 1. The van der Waals surface area contributed by atoms with Crippen LogP contribution in [0, 0.1) is 0 Å². The predicted octanol–water partition coefficient (Wildman–Crippen LogP) is 0.847. The number of hydrogen-bond donors (Lipinski definition) is 1. The Balaban J connectivity index is 1.94. The van der Waals surface area contributed by atoms with E-state index in [4.69, 9.17) is 9.47 Å². The van der Waals surface area contributed by atoms with Crippen LogP contribution in [0.4, 0.5) is 0 Å². The molecule has 1 heterocycles. The standard InChI is InChI=1S/C15H21NO4/c1-19-14-5-3-2-4-12(14)6-7-15(18)16-8-9-20-11-13(16)10-17/h2-5,13,17H,6-11H2,1H3. The number of carbonyl (C=O) groups excluding carboxylic acids is 1. The fourth-order valence-electron chi connectivity index (χ4n) is 2.43. The molecule has 5 heteroatoms. The Morgan fingerprint density at radius 2 is 2.30 bits per heavy atom. The van der Waals surface area contributed by atoms with Crippen molar-refractivity contribution >= 4 is 5.91 Å². The summed E-state index contributed by atoms with van der Waals surface area (Å²) in [7, 11) is 1.63. The van der Waals surface area contributed by atoms with Crippen molar-refractivity contribution in [1.82, 2.24) is 4.90 Å². The molecule has 1 aliphatic heterocycles. The number of benzene rings is 1. The Kier molecular flexibility index (Phi) is 5.38. The van der Waals surface area contributed by atoms with Crippen LogP contribution in [0.1, 0.15) is 12.0 Å². The highest BCUT2D eigenvalue weighted by Gasteiger charge is 2.26. The van der Waals surface area contributed by atoms with E-state index in [1.54, 1.807) is 12.0 Å². The van der Waals surface area contributed by atoms with Crippen molar-refractivity contribution in [3.63, 3.8) is 0 Å². The van der Waals surface area contributed by atoms with E-state index >= 15 is 0 Å². The molecule has 0 aromatic heterocycles. The molecule has 1 aromatic rings. The minimum absolute atomic E-state index is 0.0539. The van der Waals surface area contributed by atoms with Gasteiger partial charge < -0.3 is 19.5 Å². The molecule has 110 valence electrons. The number of nitrogens with zero attached hydrogens (tertiary/aromatic N) is 1. The summed E-state index contributed by atoms with van der Waals surface area (Å²) in [5.41, 5.74) is 1.03. The molecule has 1 aliphatic rings. The van der Waals surface area contributed by atoms with E-state index in [1.807, 2.05) is 24.3 Å². The van der Waals surface area contributed by atoms with Gasteiger partial charge in [-0.3, -0.25) is 4.79 Å². The van der Waals surface area contributed by atoms with Crippen molar-refractivity contribution in [2.45, 2.75) is 18.9 Å². The second-order valence-corrected chi connectivity index (χ2v) is 4.81. The van der Waals surface area contributed by atoms with Gasteiger partial charge in [0.05, 0.1) is 33.0 Å². The first-order valence-corrected chi connectivity index (χ1v) is 6.86. The number of hydrogen-bond acceptors (Lipinski definition) is 4. The fourth-order valence-corrected chi connectivity index (χ4v) is 2.43. The summed E-state index contributed by atoms with van der Waals surface area (Å²) in [5.74, 6) is 0.860. The third kappa shape index (κ3) is 3.49. The summed E-state index contributed by atoms with van der Waals surface area (Å²) in [6.45, 7) is 1.45. The highest BCUT2D eigenvalue weighted by atomic mass is 16.5. The van der Waals surface area contributed by atoms with E-state index in [1.165, 1.54) is 0 Å². The lowest BCUT2D eigenvalue weighted by Crippen LogP contribution is -2.50. The molecule has 0 bridgehead atoms. The number of aliphatic hydroxyl groups is 1. The molecule has 5 nitrogen and oxygen atoms in total. The molecular formula is C15H21NO4. The SMILES string of the molecule is COc1ccccc1CCC(=O)N1CCOCC1CO. The molecule has 1 N–H and O–H groups in total. The van der Waals surface area contributed by atoms with E-state index in [2.05, 4.69) is 0 Å². The van der Waals surface area contributed by atoms with Crippen LogP contribution < -0.4 is 4.74 Å². The molecule has 1 atom stereocenters. The fraction of sp³-hybridized carbons (Fsp3) is 0.533. The number of aryl methyl sites for hydroxylation is 1. The lowest BCUT2D eigenvalue weighted by atomic mass is 10.1. The highest BCUT2D eigenvalue weighted by molar-refractivity contribution is 5.77. The van der Waals surface area contributed by atoms with Gasteiger partial charge >= 0.3 is 0 Å². The molecule has 1 aromatic carbocycles. The van der Waals surface area contributed by atoms with E-state index < -0.39 is 0 Å². The average molecular weight is 279 g/mol.